The van der Waals surface area contributed by atoms with Crippen LogP contribution in [0.15, 0.2) is 67.3 Å². The maximum absolute atomic E-state index is 12.0. The second-order valence-electron chi connectivity index (χ2n) is 5.37. The van der Waals surface area contributed by atoms with Gasteiger partial charge in [-0.25, -0.2) is 9.67 Å². The summed E-state index contributed by atoms with van der Waals surface area (Å²) in [4.78, 5) is 15.8. The normalized spacial score (nSPS) is 11.7. The Morgan fingerprint density at radius 1 is 1.12 bits per heavy atom. The molecule has 0 aliphatic carbocycles. The van der Waals surface area contributed by atoms with Crippen LogP contribution in [0.3, 0.4) is 0 Å². The summed E-state index contributed by atoms with van der Waals surface area (Å²) < 4.78 is 7.24. The predicted molar refractivity (Wildman–Crippen MR) is 89.5 cm³/mol. The minimum absolute atomic E-state index is 0.105. The maximum Gasteiger partial charge on any atom is 0.242 e. The molecule has 0 unspecified atom stereocenters. The highest BCUT2D eigenvalue weighted by Crippen LogP contribution is 2.23. The number of ether oxygens (including phenoxy) is 1. The summed E-state index contributed by atoms with van der Waals surface area (Å²) >= 11 is 0. The molecule has 1 aromatic heterocycles. The number of nitrogens with one attached hydrogen (secondary N) is 1. The van der Waals surface area contributed by atoms with Crippen LogP contribution in [-0.2, 0) is 11.3 Å². The molecule has 0 spiro atoms. The number of carbonyl (C=O) groups is 1. The first-order valence-corrected chi connectivity index (χ1v) is 7.65. The van der Waals surface area contributed by atoms with E-state index in [-0.39, 0.29) is 18.5 Å². The van der Waals surface area contributed by atoms with Crippen LogP contribution in [0.5, 0.6) is 11.5 Å². The van der Waals surface area contributed by atoms with Gasteiger partial charge >= 0.3 is 0 Å². The summed E-state index contributed by atoms with van der Waals surface area (Å²) in [7, 11) is 0. The Kier molecular flexibility index (Phi) is 4.86. The molecule has 0 saturated carbocycles. The Labute approximate surface area is 140 Å². The van der Waals surface area contributed by atoms with Gasteiger partial charge in [-0.05, 0) is 36.8 Å². The van der Waals surface area contributed by atoms with Gasteiger partial charge in [0, 0.05) is 0 Å². The van der Waals surface area contributed by atoms with Crippen LogP contribution in [0, 0.1) is 0 Å². The van der Waals surface area contributed by atoms with Crippen LogP contribution in [0.4, 0.5) is 0 Å². The van der Waals surface area contributed by atoms with E-state index in [1.165, 1.54) is 17.3 Å². The predicted octanol–water partition coefficient (Wildman–Crippen LogP) is 2.95. The quantitative estimate of drug-likeness (QED) is 0.757. The van der Waals surface area contributed by atoms with Crippen LogP contribution in [0.2, 0.25) is 0 Å². The third kappa shape index (κ3) is 4.19. The van der Waals surface area contributed by atoms with Crippen LogP contribution >= 0.6 is 0 Å². The van der Waals surface area contributed by atoms with Crippen molar-refractivity contribution in [1.82, 2.24) is 20.1 Å². The Bertz CT molecular complexity index is 771. The van der Waals surface area contributed by atoms with E-state index in [2.05, 4.69) is 15.4 Å². The molecule has 0 saturated heterocycles. The van der Waals surface area contributed by atoms with Crippen molar-refractivity contribution in [3.8, 4) is 11.5 Å². The minimum Gasteiger partial charge on any atom is -0.457 e. The van der Waals surface area contributed by atoms with E-state index >= 15 is 0 Å². The van der Waals surface area contributed by atoms with Crippen molar-refractivity contribution in [2.24, 2.45) is 0 Å². The van der Waals surface area contributed by atoms with E-state index in [4.69, 9.17) is 4.74 Å². The van der Waals surface area contributed by atoms with Crippen molar-refractivity contribution >= 4 is 5.91 Å². The zero-order chi connectivity index (χ0) is 16.8. The monoisotopic (exact) mass is 322 g/mol. The molecule has 2 aromatic carbocycles. The van der Waals surface area contributed by atoms with E-state index < -0.39 is 0 Å². The maximum atomic E-state index is 12.0. The Morgan fingerprint density at radius 3 is 2.50 bits per heavy atom. The molecule has 3 aromatic rings. The van der Waals surface area contributed by atoms with Gasteiger partial charge < -0.3 is 10.1 Å². The van der Waals surface area contributed by atoms with E-state index in [9.17, 15) is 4.79 Å². The SMILES string of the molecule is C[C@H](NC(=O)Cn1cncn1)c1ccc(Oc2ccccc2)cc1. The third-order valence-electron chi connectivity index (χ3n) is 3.51. The van der Waals surface area contributed by atoms with Gasteiger partial charge in [0.15, 0.2) is 0 Å². The molecule has 0 fully saturated rings. The summed E-state index contributed by atoms with van der Waals surface area (Å²) in [6.45, 7) is 2.09. The number of para-hydroxylation sites is 1. The molecule has 6 nitrogen and oxygen atoms in total. The molecule has 3 rings (SSSR count). The van der Waals surface area contributed by atoms with E-state index in [0.717, 1.165) is 17.1 Å². The molecular formula is C18H18N4O2. The van der Waals surface area contributed by atoms with Crippen molar-refractivity contribution in [1.29, 1.82) is 0 Å². The third-order valence-corrected chi connectivity index (χ3v) is 3.51. The van der Waals surface area contributed by atoms with Crippen molar-refractivity contribution in [3.05, 3.63) is 72.8 Å². The molecule has 0 bridgehead atoms. The molecule has 24 heavy (non-hydrogen) atoms. The zero-order valence-electron chi connectivity index (χ0n) is 13.3. The van der Waals surface area contributed by atoms with Crippen molar-refractivity contribution in [2.75, 3.05) is 0 Å². The fourth-order valence-electron chi connectivity index (χ4n) is 2.28. The van der Waals surface area contributed by atoms with E-state index in [1.54, 1.807) is 0 Å². The molecule has 122 valence electrons. The summed E-state index contributed by atoms with van der Waals surface area (Å²) in [6, 6.07) is 17.2. The van der Waals surface area contributed by atoms with Gasteiger partial charge in [-0.2, -0.15) is 5.10 Å². The van der Waals surface area contributed by atoms with Crippen LogP contribution in [0.25, 0.3) is 0 Å². The van der Waals surface area contributed by atoms with E-state index in [0.29, 0.717) is 0 Å². The van der Waals surface area contributed by atoms with Crippen LogP contribution in [-0.4, -0.2) is 20.7 Å². The largest absolute Gasteiger partial charge is 0.457 e. The molecule has 1 atom stereocenters. The Balaban J connectivity index is 1.57. The second kappa shape index (κ2) is 7.41. The lowest BCUT2D eigenvalue weighted by Gasteiger charge is -2.15. The number of amides is 1. The highest BCUT2D eigenvalue weighted by molar-refractivity contribution is 5.76. The number of carbonyl (C=O) groups excluding carboxylic acids is 1. The van der Waals surface area contributed by atoms with Crippen molar-refractivity contribution in [3.63, 3.8) is 0 Å². The van der Waals surface area contributed by atoms with Crippen LogP contribution in [0.1, 0.15) is 18.5 Å². The summed E-state index contributed by atoms with van der Waals surface area (Å²) in [5.74, 6) is 1.43. The molecule has 0 aliphatic rings. The van der Waals surface area contributed by atoms with Gasteiger partial charge in [-0.3, -0.25) is 4.79 Å². The van der Waals surface area contributed by atoms with Crippen molar-refractivity contribution in [2.45, 2.75) is 19.5 Å². The first-order chi connectivity index (χ1) is 11.7. The number of benzene rings is 2. The number of aromatic nitrogens is 3. The number of nitrogens with zero attached hydrogens (tertiary/aromatic N) is 3. The lowest BCUT2D eigenvalue weighted by Crippen LogP contribution is -2.30. The fraction of sp³-hybridized carbons (Fsp3) is 0.167. The highest BCUT2D eigenvalue weighted by Gasteiger charge is 2.10. The average Bonchev–Trinajstić information content (AvgIpc) is 3.09. The Morgan fingerprint density at radius 2 is 1.83 bits per heavy atom. The van der Waals surface area contributed by atoms with Gasteiger partial charge in [0.2, 0.25) is 5.91 Å². The summed E-state index contributed by atoms with van der Waals surface area (Å²) in [5.41, 5.74) is 1.00. The fourth-order valence-corrected chi connectivity index (χ4v) is 2.28. The molecule has 6 heteroatoms. The first kappa shape index (κ1) is 15.7. The van der Waals surface area contributed by atoms with E-state index in [1.807, 2.05) is 61.5 Å². The molecule has 1 amide bonds. The smallest absolute Gasteiger partial charge is 0.242 e. The summed E-state index contributed by atoms with van der Waals surface area (Å²) in [5, 5.41) is 6.85. The summed E-state index contributed by atoms with van der Waals surface area (Å²) in [6.07, 6.45) is 2.92. The zero-order valence-corrected chi connectivity index (χ0v) is 13.3. The second-order valence-corrected chi connectivity index (χ2v) is 5.37. The topological polar surface area (TPSA) is 69.0 Å². The van der Waals surface area contributed by atoms with Gasteiger partial charge in [0.25, 0.3) is 0 Å². The molecule has 1 heterocycles. The molecule has 0 aliphatic heterocycles. The average molecular weight is 322 g/mol. The molecule has 1 N–H and O–H groups in total. The van der Waals surface area contributed by atoms with Crippen molar-refractivity contribution < 1.29 is 9.53 Å². The number of rotatable bonds is 6. The van der Waals surface area contributed by atoms with Gasteiger partial charge in [0.05, 0.1) is 6.04 Å². The lowest BCUT2D eigenvalue weighted by atomic mass is 10.1. The minimum atomic E-state index is -0.113. The van der Waals surface area contributed by atoms with Gasteiger partial charge in [-0.15, -0.1) is 0 Å². The standard InChI is InChI=1S/C18H18N4O2/c1-14(21-18(23)11-22-13-19-12-20-22)15-7-9-17(10-8-15)24-16-5-3-2-4-6-16/h2-10,12-14H,11H2,1H3,(H,21,23)/t14-/m0/s1. The first-order valence-electron chi connectivity index (χ1n) is 7.65. The molecular weight excluding hydrogens is 304 g/mol. The van der Waals surface area contributed by atoms with Crippen LogP contribution < -0.4 is 10.1 Å². The number of hydrogen-bond donors (Lipinski definition) is 1. The Hall–Kier alpha value is -3.15. The van der Waals surface area contributed by atoms with Gasteiger partial charge in [0.1, 0.15) is 30.7 Å². The lowest BCUT2D eigenvalue weighted by molar-refractivity contribution is -0.122. The molecule has 0 radical (unpaired) electrons. The number of hydrogen-bond acceptors (Lipinski definition) is 4. The van der Waals surface area contributed by atoms with Gasteiger partial charge in [-0.1, -0.05) is 30.3 Å². The highest BCUT2D eigenvalue weighted by atomic mass is 16.5.